The molecule has 0 bridgehead atoms. The molecule has 1 aromatic rings. The smallest absolute Gasteiger partial charge is 0.150 e. The van der Waals surface area contributed by atoms with Crippen LogP contribution in [0.25, 0.3) is 0 Å². The fourth-order valence-corrected chi connectivity index (χ4v) is 1.98. The van der Waals surface area contributed by atoms with Gasteiger partial charge in [-0.2, -0.15) is 0 Å². The molecule has 1 saturated carbocycles. The number of halogens is 1. The molecular formula is C13H16FNO. The minimum Gasteiger partial charge on any atom is -0.368 e. The maximum absolute atomic E-state index is 13.3. The molecule has 1 aliphatic carbocycles. The quantitative estimate of drug-likeness (QED) is 0.712. The SMILES string of the molecule is CCCN(c1cc(F)cc(C=O)c1)C1CC1. The van der Waals surface area contributed by atoms with Crippen LogP contribution in [0.15, 0.2) is 18.2 Å². The summed E-state index contributed by atoms with van der Waals surface area (Å²) in [4.78, 5) is 12.9. The number of rotatable bonds is 5. The number of hydrogen-bond donors (Lipinski definition) is 0. The third kappa shape index (κ3) is 2.40. The van der Waals surface area contributed by atoms with Crippen LogP contribution in [0.3, 0.4) is 0 Å². The summed E-state index contributed by atoms with van der Waals surface area (Å²) in [5, 5.41) is 0. The molecule has 0 aromatic heterocycles. The van der Waals surface area contributed by atoms with E-state index in [0.717, 1.165) is 18.7 Å². The molecule has 0 unspecified atom stereocenters. The fraction of sp³-hybridized carbons (Fsp3) is 0.462. The third-order valence-corrected chi connectivity index (χ3v) is 2.82. The van der Waals surface area contributed by atoms with E-state index >= 15 is 0 Å². The van der Waals surface area contributed by atoms with E-state index in [-0.39, 0.29) is 5.82 Å². The van der Waals surface area contributed by atoms with Gasteiger partial charge in [-0.1, -0.05) is 6.92 Å². The topological polar surface area (TPSA) is 20.3 Å². The molecule has 0 saturated heterocycles. The zero-order valence-electron chi connectivity index (χ0n) is 9.45. The van der Waals surface area contributed by atoms with Crippen molar-refractivity contribution < 1.29 is 9.18 Å². The molecule has 0 amide bonds. The minimum absolute atomic E-state index is 0.332. The molecule has 86 valence electrons. The lowest BCUT2D eigenvalue weighted by Crippen LogP contribution is -2.26. The molecule has 1 aliphatic rings. The zero-order valence-corrected chi connectivity index (χ0v) is 9.45. The molecule has 0 atom stereocenters. The highest BCUT2D eigenvalue weighted by Crippen LogP contribution is 2.32. The van der Waals surface area contributed by atoms with E-state index in [1.807, 2.05) is 0 Å². The van der Waals surface area contributed by atoms with Crippen LogP contribution in [0.5, 0.6) is 0 Å². The molecule has 0 heterocycles. The second-order valence-electron chi connectivity index (χ2n) is 4.29. The van der Waals surface area contributed by atoms with Crippen LogP contribution >= 0.6 is 0 Å². The number of nitrogens with zero attached hydrogens (tertiary/aromatic N) is 1. The van der Waals surface area contributed by atoms with Crippen molar-refractivity contribution in [3.05, 3.63) is 29.6 Å². The van der Waals surface area contributed by atoms with Gasteiger partial charge in [-0.25, -0.2) is 4.39 Å². The van der Waals surface area contributed by atoms with Crippen molar-refractivity contribution in [3.63, 3.8) is 0 Å². The van der Waals surface area contributed by atoms with Crippen molar-refractivity contribution in [2.45, 2.75) is 32.2 Å². The van der Waals surface area contributed by atoms with Gasteiger partial charge in [0.2, 0.25) is 0 Å². The van der Waals surface area contributed by atoms with E-state index in [9.17, 15) is 9.18 Å². The lowest BCUT2D eigenvalue weighted by atomic mass is 10.2. The van der Waals surface area contributed by atoms with Gasteiger partial charge in [0, 0.05) is 23.8 Å². The Morgan fingerprint density at radius 1 is 1.44 bits per heavy atom. The van der Waals surface area contributed by atoms with Crippen LogP contribution in [0, 0.1) is 5.82 Å². The number of carbonyl (C=O) groups excluding carboxylic acids is 1. The first kappa shape index (κ1) is 11.1. The predicted molar refractivity (Wildman–Crippen MR) is 62.4 cm³/mol. The van der Waals surface area contributed by atoms with Crippen LogP contribution in [-0.2, 0) is 0 Å². The maximum Gasteiger partial charge on any atom is 0.150 e. The second kappa shape index (κ2) is 4.64. The van der Waals surface area contributed by atoms with Gasteiger partial charge in [0.1, 0.15) is 12.1 Å². The summed E-state index contributed by atoms with van der Waals surface area (Å²) in [6.07, 6.45) is 4.08. The highest BCUT2D eigenvalue weighted by Gasteiger charge is 2.28. The van der Waals surface area contributed by atoms with Gasteiger partial charge >= 0.3 is 0 Å². The Morgan fingerprint density at radius 3 is 2.75 bits per heavy atom. The Morgan fingerprint density at radius 2 is 2.19 bits per heavy atom. The van der Waals surface area contributed by atoms with E-state index in [1.165, 1.54) is 25.0 Å². The number of aldehydes is 1. The number of anilines is 1. The van der Waals surface area contributed by atoms with Crippen molar-refractivity contribution in [2.75, 3.05) is 11.4 Å². The average Bonchev–Trinajstić information content (AvgIpc) is 3.08. The summed E-state index contributed by atoms with van der Waals surface area (Å²) >= 11 is 0. The highest BCUT2D eigenvalue weighted by molar-refractivity contribution is 5.77. The molecule has 16 heavy (non-hydrogen) atoms. The molecule has 0 spiro atoms. The number of carbonyl (C=O) groups is 1. The fourth-order valence-electron chi connectivity index (χ4n) is 1.98. The largest absolute Gasteiger partial charge is 0.368 e. The van der Waals surface area contributed by atoms with Gasteiger partial charge in [-0.15, -0.1) is 0 Å². The molecule has 1 fully saturated rings. The molecular weight excluding hydrogens is 205 g/mol. The van der Waals surface area contributed by atoms with E-state index in [0.29, 0.717) is 17.9 Å². The summed E-state index contributed by atoms with van der Waals surface area (Å²) in [5.41, 5.74) is 1.25. The number of benzene rings is 1. The first-order valence-electron chi connectivity index (χ1n) is 5.77. The van der Waals surface area contributed by atoms with Crippen LogP contribution in [0.4, 0.5) is 10.1 Å². The Labute approximate surface area is 95.1 Å². The highest BCUT2D eigenvalue weighted by atomic mass is 19.1. The standard InChI is InChI=1S/C13H16FNO/c1-2-5-15(12-3-4-12)13-7-10(9-16)6-11(14)8-13/h6-9,12H,2-5H2,1H3. The normalized spacial score (nSPS) is 14.9. The van der Waals surface area contributed by atoms with E-state index in [2.05, 4.69) is 11.8 Å². The molecule has 1 aromatic carbocycles. The van der Waals surface area contributed by atoms with Crippen LogP contribution in [0.1, 0.15) is 36.5 Å². The van der Waals surface area contributed by atoms with Crippen LogP contribution in [-0.4, -0.2) is 18.9 Å². The number of hydrogen-bond acceptors (Lipinski definition) is 2. The first-order chi connectivity index (χ1) is 7.74. The minimum atomic E-state index is -0.332. The van der Waals surface area contributed by atoms with E-state index in [4.69, 9.17) is 0 Å². The van der Waals surface area contributed by atoms with Crippen LogP contribution < -0.4 is 4.90 Å². The summed E-state index contributed by atoms with van der Waals surface area (Å²) in [6, 6.07) is 5.10. The summed E-state index contributed by atoms with van der Waals surface area (Å²) in [6.45, 7) is 3.03. The van der Waals surface area contributed by atoms with Crippen molar-refractivity contribution >= 4 is 12.0 Å². The monoisotopic (exact) mass is 221 g/mol. The Balaban J connectivity index is 2.28. The lowest BCUT2D eigenvalue weighted by Gasteiger charge is -2.24. The van der Waals surface area contributed by atoms with Crippen molar-refractivity contribution in [3.8, 4) is 0 Å². The Bertz CT molecular complexity index is 388. The molecule has 2 nitrogen and oxygen atoms in total. The average molecular weight is 221 g/mol. The van der Waals surface area contributed by atoms with Gasteiger partial charge in [-0.3, -0.25) is 4.79 Å². The third-order valence-electron chi connectivity index (χ3n) is 2.82. The Kier molecular flexibility index (Phi) is 3.22. The van der Waals surface area contributed by atoms with Crippen molar-refractivity contribution in [2.24, 2.45) is 0 Å². The molecule has 3 heteroatoms. The van der Waals surface area contributed by atoms with Crippen LogP contribution in [0.2, 0.25) is 0 Å². The van der Waals surface area contributed by atoms with Gasteiger partial charge < -0.3 is 4.90 Å². The summed E-state index contributed by atoms with van der Waals surface area (Å²) < 4.78 is 13.3. The van der Waals surface area contributed by atoms with E-state index in [1.54, 1.807) is 6.07 Å². The molecule has 0 N–H and O–H groups in total. The van der Waals surface area contributed by atoms with Gasteiger partial charge in [0.15, 0.2) is 0 Å². The summed E-state index contributed by atoms with van der Waals surface area (Å²) in [5.74, 6) is -0.332. The van der Waals surface area contributed by atoms with Gasteiger partial charge in [0.05, 0.1) is 0 Å². The predicted octanol–water partition coefficient (Wildman–Crippen LogP) is 3.02. The van der Waals surface area contributed by atoms with Gasteiger partial charge in [0.25, 0.3) is 0 Å². The Hall–Kier alpha value is -1.38. The lowest BCUT2D eigenvalue weighted by molar-refractivity contribution is 0.112. The first-order valence-corrected chi connectivity index (χ1v) is 5.77. The molecule has 0 radical (unpaired) electrons. The molecule has 2 rings (SSSR count). The molecule has 0 aliphatic heterocycles. The summed E-state index contributed by atoms with van der Waals surface area (Å²) in [7, 11) is 0. The maximum atomic E-state index is 13.3. The van der Waals surface area contributed by atoms with Crippen molar-refractivity contribution in [1.29, 1.82) is 0 Å². The second-order valence-corrected chi connectivity index (χ2v) is 4.29. The van der Waals surface area contributed by atoms with Gasteiger partial charge in [-0.05, 0) is 37.5 Å². The van der Waals surface area contributed by atoms with E-state index < -0.39 is 0 Å². The zero-order chi connectivity index (χ0) is 11.5. The van der Waals surface area contributed by atoms with Crippen molar-refractivity contribution in [1.82, 2.24) is 0 Å².